The Balaban J connectivity index is 1.26. The molecule has 152 valence electrons. The summed E-state index contributed by atoms with van der Waals surface area (Å²) in [6, 6.07) is 0. The van der Waals surface area contributed by atoms with Crippen molar-refractivity contribution >= 4 is 5.97 Å². The summed E-state index contributed by atoms with van der Waals surface area (Å²) in [6.45, 7) is 0. The average Bonchev–Trinajstić information content (AvgIpc) is 3.30. The van der Waals surface area contributed by atoms with Crippen LogP contribution in [0.15, 0.2) is 12.2 Å². The van der Waals surface area contributed by atoms with Crippen LogP contribution >= 0.6 is 0 Å². The second kappa shape index (κ2) is 8.62. The van der Waals surface area contributed by atoms with E-state index in [-0.39, 0.29) is 24.7 Å². The number of aliphatic carboxylic acids is 1. The number of carboxylic acid groups (broad SMARTS) is 1. The van der Waals surface area contributed by atoms with Gasteiger partial charge in [0.05, 0.1) is 18.3 Å². The summed E-state index contributed by atoms with van der Waals surface area (Å²) in [5, 5.41) is 19.4. The predicted octanol–water partition coefficient (Wildman–Crippen LogP) is 3.69. The molecule has 4 fully saturated rings. The first-order valence-corrected chi connectivity index (χ1v) is 11.0. The van der Waals surface area contributed by atoms with Gasteiger partial charge in [0.2, 0.25) is 0 Å². The average molecular weight is 379 g/mol. The van der Waals surface area contributed by atoms with Crippen LogP contribution in [-0.2, 0) is 14.3 Å². The third-order valence-corrected chi connectivity index (χ3v) is 7.24. The van der Waals surface area contributed by atoms with E-state index >= 15 is 0 Å². The fourth-order valence-electron chi connectivity index (χ4n) is 5.72. The van der Waals surface area contributed by atoms with Crippen LogP contribution in [0.1, 0.15) is 70.6 Å². The van der Waals surface area contributed by atoms with Crippen molar-refractivity contribution in [2.75, 3.05) is 0 Å². The minimum atomic E-state index is -0.724. The maximum absolute atomic E-state index is 10.7. The molecule has 1 aliphatic carbocycles. The Bertz CT molecular complexity index is 541. The summed E-state index contributed by atoms with van der Waals surface area (Å²) in [7, 11) is 0. The molecule has 3 heterocycles. The molecule has 27 heavy (non-hydrogen) atoms. The summed E-state index contributed by atoms with van der Waals surface area (Å²) in [5.41, 5.74) is 0. The summed E-state index contributed by atoms with van der Waals surface area (Å²) in [4.78, 5) is 10.6. The van der Waals surface area contributed by atoms with Gasteiger partial charge < -0.3 is 19.7 Å². The topological polar surface area (TPSA) is 79.3 Å². The van der Waals surface area contributed by atoms with E-state index in [4.69, 9.17) is 14.6 Å². The maximum Gasteiger partial charge on any atom is 0.303 e. The highest BCUT2D eigenvalue weighted by atomic mass is 16.7. The normalized spacial score (nSPS) is 39.0. The lowest BCUT2D eigenvalue weighted by molar-refractivity contribution is -0.137. The number of carboxylic acids is 1. The highest BCUT2D eigenvalue weighted by Crippen LogP contribution is 2.56. The third-order valence-electron chi connectivity index (χ3n) is 7.24. The molecule has 5 nitrogen and oxygen atoms in total. The number of hydrogen-bond donors (Lipinski definition) is 2. The van der Waals surface area contributed by atoms with Crippen molar-refractivity contribution in [3.63, 3.8) is 0 Å². The Kier molecular flexibility index (Phi) is 6.20. The van der Waals surface area contributed by atoms with E-state index in [0.29, 0.717) is 36.4 Å². The van der Waals surface area contributed by atoms with Gasteiger partial charge in [-0.1, -0.05) is 31.4 Å². The molecule has 1 saturated carbocycles. The van der Waals surface area contributed by atoms with Gasteiger partial charge in [0.15, 0.2) is 0 Å². The van der Waals surface area contributed by atoms with Crippen molar-refractivity contribution in [1.82, 2.24) is 0 Å². The Labute approximate surface area is 162 Å². The number of aliphatic hydroxyl groups excluding tert-OH is 1. The number of allylic oxidation sites excluding steroid dienone is 2. The van der Waals surface area contributed by atoms with Gasteiger partial charge in [-0.15, -0.1) is 0 Å². The number of ether oxygens (including phenoxy) is 2. The highest BCUT2D eigenvalue weighted by Gasteiger charge is 2.68. The molecular formula is C22H34O5. The Morgan fingerprint density at radius 2 is 1.70 bits per heavy atom. The molecule has 2 bridgehead atoms. The first kappa shape index (κ1) is 19.4. The zero-order chi connectivity index (χ0) is 18.8. The van der Waals surface area contributed by atoms with Crippen LogP contribution in [0.3, 0.4) is 0 Å². The number of hydrogen-bond acceptors (Lipinski definition) is 4. The van der Waals surface area contributed by atoms with Crippen LogP contribution in [0.4, 0.5) is 0 Å². The zero-order valence-electron chi connectivity index (χ0n) is 16.2. The molecule has 0 aromatic carbocycles. The Morgan fingerprint density at radius 3 is 2.44 bits per heavy atom. The van der Waals surface area contributed by atoms with Crippen LogP contribution in [0.25, 0.3) is 0 Å². The van der Waals surface area contributed by atoms with E-state index in [9.17, 15) is 9.90 Å². The molecule has 0 aromatic rings. The van der Waals surface area contributed by atoms with E-state index in [2.05, 4.69) is 12.2 Å². The largest absolute Gasteiger partial charge is 0.481 e. The Hall–Kier alpha value is -0.910. The van der Waals surface area contributed by atoms with Crippen LogP contribution in [0.2, 0.25) is 0 Å². The lowest BCUT2D eigenvalue weighted by Gasteiger charge is -2.30. The number of carbonyl (C=O) groups is 1. The van der Waals surface area contributed by atoms with E-state index in [1.54, 1.807) is 0 Å². The minimum Gasteiger partial charge on any atom is -0.481 e. The van der Waals surface area contributed by atoms with Crippen molar-refractivity contribution < 1.29 is 24.5 Å². The smallest absolute Gasteiger partial charge is 0.303 e. The van der Waals surface area contributed by atoms with Crippen molar-refractivity contribution in [2.45, 2.75) is 101 Å². The molecule has 1 unspecified atom stereocenters. The van der Waals surface area contributed by atoms with Gasteiger partial charge in [0.1, 0.15) is 12.2 Å². The number of fused-ring (bicyclic) bond motifs is 5. The van der Waals surface area contributed by atoms with Crippen molar-refractivity contribution in [3.8, 4) is 0 Å². The molecule has 0 radical (unpaired) electrons. The summed E-state index contributed by atoms with van der Waals surface area (Å²) < 4.78 is 12.0. The highest BCUT2D eigenvalue weighted by molar-refractivity contribution is 5.66. The minimum absolute atomic E-state index is 0.160. The molecule has 5 heteroatoms. The first-order chi connectivity index (χ1) is 13.1. The van der Waals surface area contributed by atoms with Gasteiger partial charge in [0, 0.05) is 6.42 Å². The fraction of sp³-hybridized carbons (Fsp3) is 0.864. The number of aliphatic hydroxyl groups is 1. The van der Waals surface area contributed by atoms with Crippen molar-refractivity contribution in [2.24, 2.45) is 17.8 Å². The van der Waals surface area contributed by atoms with E-state index < -0.39 is 5.97 Å². The van der Waals surface area contributed by atoms with Crippen molar-refractivity contribution in [1.29, 1.82) is 0 Å². The van der Waals surface area contributed by atoms with E-state index in [1.165, 1.54) is 32.1 Å². The SMILES string of the molecule is O=C(O)CCC/C=C\C[C@H]1[C@@H](CCC(O)C2CCCCC2)[C@@H]2O[C@H]1[C@@H]1O[C@@H]12. The van der Waals surface area contributed by atoms with Crippen LogP contribution < -0.4 is 0 Å². The van der Waals surface area contributed by atoms with Crippen molar-refractivity contribution in [3.05, 3.63) is 12.2 Å². The van der Waals surface area contributed by atoms with Gasteiger partial charge in [-0.3, -0.25) is 4.79 Å². The van der Waals surface area contributed by atoms with Gasteiger partial charge in [0.25, 0.3) is 0 Å². The molecule has 3 aliphatic heterocycles. The molecule has 0 aromatic heterocycles. The first-order valence-electron chi connectivity index (χ1n) is 11.0. The van der Waals surface area contributed by atoms with Gasteiger partial charge in [-0.25, -0.2) is 0 Å². The predicted molar refractivity (Wildman–Crippen MR) is 101 cm³/mol. The summed E-state index contributed by atoms with van der Waals surface area (Å²) in [5.74, 6) is 0.739. The molecule has 0 spiro atoms. The molecule has 2 N–H and O–H groups in total. The van der Waals surface area contributed by atoms with Gasteiger partial charge in [-0.05, 0) is 62.7 Å². The molecule has 7 atom stereocenters. The quantitative estimate of drug-likeness (QED) is 0.344. The number of unbranched alkanes of at least 4 members (excludes halogenated alkanes) is 1. The maximum atomic E-state index is 10.7. The summed E-state index contributed by atoms with van der Waals surface area (Å²) >= 11 is 0. The molecule has 3 saturated heterocycles. The molecule has 4 rings (SSSR count). The lowest BCUT2D eigenvalue weighted by Crippen LogP contribution is -2.34. The van der Waals surface area contributed by atoms with Gasteiger partial charge in [-0.2, -0.15) is 0 Å². The van der Waals surface area contributed by atoms with Crippen LogP contribution in [-0.4, -0.2) is 46.7 Å². The lowest BCUT2D eigenvalue weighted by atomic mass is 9.74. The van der Waals surface area contributed by atoms with Crippen LogP contribution in [0.5, 0.6) is 0 Å². The second-order valence-corrected chi connectivity index (χ2v) is 8.99. The molecule has 4 aliphatic rings. The third kappa shape index (κ3) is 4.41. The fourth-order valence-corrected chi connectivity index (χ4v) is 5.72. The van der Waals surface area contributed by atoms with Gasteiger partial charge >= 0.3 is 5.97 Å². The Morgan fingerprint density at radius 1 is 1.00 bits per heavy atom. The van der Waals surface area contributed by atoms with E-state index in [1.807, 2.05) is 0 Å². The monoisotopic (exact) mass is 378 g/mol. The standard InChI is InChI=1S/C22H34O5/c23-17(14-8-4-3-5-9-14)13-12-16-15(10-6-1-2-7-11-18(24)25)19-21-22(27-21)20(16)26-19/h1,6,14-17,19-23H,2-5,7-13H2,(H,24,25)/b6-1-/t15-,16+,17?,19+,20-,21-,22+/m0/s1. The number of rotatable bonds is 10. The van der Waals surface area contributed by atoms with E-state index in [0.717, 1.165) is 25.7 Å². The zero-order valence-corrected chi connectivity index (χ0v) is 16.2. The molecule has 0 amide bonds. The summed E-state index contributed by atoms with van der Waals surface area (Å²) in [6.07, 6.45) is 16.1. The molecular weight excluding hydrogens is 344 g/mol. The van der Waals surface area contributed by atoms with Crippen LogP contribution in [0, 0.1) is 17.8 Å². The second-order valence-electron chi connectivity index (χ2n) is 8.99. The number of epoxide rings is 1.